The fourth-order valence-electron chi connectivity index (χ4n) is 2.46. The van der Waals surface area contributed by atoms with Crippen LogP contribution in [0.4, 0.5) is 4.79 Å². The van der Waals surface area contributed by atoms with Gasteiger partial charge in [-0.25, -0.2) is 4.79 Å². The first kappa shape index (κ1) is 16.6. The molecule has 0 saturated carbocycles. The van der Waals surface area contributed by atoms with Crippen LogP contribution in [0.5, 0.6) is 5.75 Å². The first-order valence-corrected chi connectivity index (χ1v) is 7.61. The Morgan fingerprint density at radius 2 is 1.86 bits per heavy atom. The van der Waals surface area contributed by atoms with Crippen LogP contribution in [0, 0.1) is 0 Å². The molecule has 0 spiro atoms. The van der Waals surface area contributed by atoms with Crippen molar-refractivity contribution in [1.82, 2.24) is 14.7 Å². The van der Waals surface area contributed by atoms with Gasteiger partial charge in [0.25, 0.3) is 0 Å². The number of ether oxygens (including phenoxy) is 1. The number of benzene rings is 1. The van der Waals surface area contributed by atoms with E-state index in [2.05, 4.69) is 4.90 Å². The second-order valence-electron chi connectivity index (χ2n) is 5.74. The lowest BCUT2D eigenvalue weighted by Crippen LogP contribution is -2.53. The molecule has 1 aromatic rings. The summed E-state index contributed by atoms with van der Waals surface area (Å²) in [5.41, 5.74) is 0. The van der Waals surface area contributed by atoms with Crippen molar-refractivity contribution >= 4 is 6.03 Å². The fraction of sp³-hybridized carbons (Fsp3) is 0.562. The molecule has 1 unspecified atom stereocenters. The Kier molecular flexibility index (Phi) is 6.03. The Balaban J connectivity index is 1.68. The standard InChI is InChI=1S/C16H25N3O3/c1-17(2)16(21)19-10-8-18(9-11-19)12-14(20)13-22-15-6-4-3-5-7-15/h3-7,14,20H,8-13H2,1-2H3. The molecule has 22 heavy (non-hydrogen) atoms. The summed E-state index contributed by atoms with van der Waals surface area (Å²) in [5, 5.41) is 10.1. The summed E-state index contributed by atoms with van der Waals surface area (Å²) >= 11 is 0. The number of amides is 2. The van der Waals surface area contributed by atoms with Gasteiger partial charge in [0.05, 0.1) is 0 Å². The van der Waals surface area contributed by atoms with E-state index in [1.807, 2.05) is 35.2 Å². The number of carbonyl (C=O) groups excluding carboxylic acids is 1. The van der Waals surface area contributed by atoms with Crippen molar-refractivity contribution in [2.75, 3.05) is 53.4 Å². The molecular weight excluding hydrogens is 282 g/mol. The zero-order valence-corrected chi connectivity index (χ0v) is 13.3. The average molecular weight is 307 g/mol. The Labute approximate surface area is 131 Å². The number of β-amino-alcohol motifs (C(OH)–C–C–N with tert-alkyl or cyclic N) is 1. The number of hydrogen-bond donors (Lipinski definition) is 1. The number of piperazine rings is 1. The second kappa shape index (κ2) is 8.00. The van der Waals surface area contributed by atoms with Gasteiger partial charge in [0.1, 0.15) is 18.5 Å². The second-order valence-corrected chi connectivity index (χ2v) is 5.74. The summed E-state index contributed by atoms with van der Waals surface area (Å²) in [6.07, 6.45) is -0.531. The summed E-state index contributed by atoms with van der Waals surface area (Å²) in [4.78, 5) is 17.4. The van der Waals surface area contributed by atoms with Gasteiger partial charge in [-0.05, 0) is 12.1 Å². The van der Waals surface area contributed by atoms with Gasteiger partial charge in [-0.3, -0.25) is 4.90 Å². The van der Waals surface area contributed by atoms with E-state index < -0.39 is 6.10 Å². The zero-order valence-electron chi connectivity index (χ0n) is 13.3. The molecule has 1 aliphatic heterocycles. The minimum atomic E-state index is -0.531. The van der Waals surface area contributed by atoms with E-state index >= 15 is 0 Å². The number of carbonyl (C=O) groups is 1. The predicted molar refractivity (Wildman–Crippen MR) is 85.0 cm³/mol. The van der Waals surface area contributed by atoms with Crippen molar-refractivity contribution in [2.45, 2.75) is 6.10 Å². The van der Waals surface area contributed by atoms with Crippen LogP contribution in [-0.2, 0) is 0 Å². The third-order valence-corrected chi connectivity index (χ3v) is 3.68. The van der Waals surface area contributed by atoms with Gasteiger partial charge in [0, 0.05) is 46.8 Å². The third kappa shape index (κ3) is 4.89. The SMILES string of the molecule is CN(C)C(=O)N1CCN(CC(O)COc2ccccc2)CC1. The molecule has 0 aromatic heterocycles. The number of aliphatic hydroxyl groups excluding tert-OH is 1. The van der Waals surface area contributed by atoms with Crippen molar-refractivity contribution in [3.8, 4) is 5.75 Å². The molecule has 0 bridgehead atoms. The van der Waals surface area contributed by atoms with E-state index in [9.17, 15) is 9.90 Å². The summed E-state index contributed by atoms with van der Waals surface area (Å²) < 4.78 is 5.55. The maximum absolute atomic E-state index is 11.9. The van der Waals surface area contributed by atoms with Gasteiger partial charge >= 0.3 is 6.03 Å². The summed E-state index contributed by atoms with van der Waals surface area (Å²) in [5.74, 6) is 0.767. The van der Waals surface area contributed by atoms with Crippen molar-refractivity contribution in [3.05, 3.63) is 30.3 Å². The largest absolute Gasteiger partial charge is 0.491 e. The average Bonchev–Trinajstić information content (AvgIpc) is 2.54. The molecule has 0 aliphatic carbocycles. The summed E-state index contributed by atoms with van der Waals surface area (Å²) in [7, 11) is 3.53. The maximum Gasteiger partial charge on any atom is 0.319 e. The number of urea groups is 1. The predicted octanol–water partition coefficient (Wildman–Crippen LogP) is 0.725. The lowest BCUT2D eigenvalue weighted by molar-refractivity contribution is 0.0494. The molecule has 2 amide bonds. The molecule has 6 heteroatoms. The van der Waals surface area contributed by atoms with E-state index in [4.69, 9.17) is 4.74 Å². The lowest BCUT2D eigenvalue weighted by Gasteiger charge is -2.36. The van der Waals surface area contributed by atoms with Crippen LogP contribution in [0.15, 0.2) is 30.3 Å². The van der Waals surface area contributed by atoms with Crippen molar-refractivity contribution in [3.63, 3.8) is 0 Å². The zero-order chi connectivity index (χ0) is 15.9. The third-order valence-electron chi connectivity index (χ3n) is 3.68. The van der Waals surface area contributed by atoms with Crippen LogP contribution in [0.1, 0.15) is 0 Å². The van der Waals surface area contributed by atoms with Gasteiger partial charge in [-0.15, -0.1) is 0 Å². The monoisotopic (exact) mass is 307 g/mol. The van der Waals surface area contributed by atoms with Crippen molar-refractivity contribution in [2.24, 2.45) is 0 Å². The topological polar surface area (TPSA) is 56.3 Å². The molecule has 1 saturated heterocycles. The normalized spacial score (nSPS) is 17.1. The van der Waals surface area contributed by atoms with Gasteiger partial charge in [0.2, 0.25) is 0 Å². The van der Waals surface area contributed by atoms with Crippen molar-refractivity contribution in [1.29, 1.82) is 0 Å². The van der Waals surface area contributed by atoms with Crippen LogP contribution < -0.4 is 4.74 Å². The molecule has 6 nitrogen and oxygen atoms in total. The summed E-state index contributed by atoms with van der Waals surface area (Å²) in [6, 6.07) is 9.53. The van der Waals surface area contributed by atoms with Crippen LogP contribution in [-0.4, -0.2) is 85.4 Å². The molecule has 2 rings (SSSR count). The molecule has 0 radical (unpaired) electrons. The highest BCUT2D eigenvalue weighted by atomic mass is 16.5. The van der Waals surface area contributed by atoms with Gasteiger partial charge in [0.15, 0.2) is 0 Å². The first-order valence-electron chi connectivity index (χ1n) is 7.61. The number of para-hydroxylation sites is 1. The van der Waals surface area contributed by atoms with E-state index in [0.29, 0.717) is 19.6 Å². The van der Waals surface area contributed by atoms with Gasteiger partial charge in [-0.2, -0.15) is 0 Å². The lowest BCUT2D eigenvalue weighted by atomic mass is 10.2. The highest BCUT2D eigenvalue weighted by Gasteiger charge is 2.23. The molecule has 1 aliphatic rings. The number of aliphatic hydroxyl groups is 1. The maximum atomic E-state index is 11.9. The minimum absolute atomic E-state index is 0.0487. The van der Waals surface area contributed by atoms with E-state index in [-0.39, 0.29) is 12.6 Å². The fourth-order valence-corrected chi connectivity index (χ4v) is 2.46. The molecule has 1 heterocycles. The van der Waals surface area contributed by atoms with Crippen LogP contribution >= 0.6 is 0 Å². The van der Waals surface area contributed by atoms with Crippen molar-refractivity contribution < 1.29 is 14.6 Å². The molecule has 1 atom stereocenters. The summed E-state index contributed by atoms with van der Waals surface area (Å²) in [6.45, 7) is 3.80. The Morgan fingerprint density at radius 3 is 2.45 bits per heavy atom. The Hall–Kier alpha value is -1.79. The highest BCUT2D eigenvalue weighted by Crippen LogP contribution is 2.09. The van der Waals surface area contributed by atoms with Gasteiger partial charge in [-0.1, -0.05) is 18.2 Å². The Bertz CT molecular complexity index is 459. The quantitative estimate of drug-likeness (QED) is 0.871. The molecule has 1 fully saturated rings. The minimum Gasteiger partial charge on any atom is -0.491 e. The van der Waals surface area contributed by atoms with Crippen LogP contribution in [0.2, 0.25) is 0 Å². The molecule has 122 valence electrons. The smallest absolute Gasteiger partial charge is 0.319 e. The van der Waals surface area contributed by atoms with Crippen LogP contribution in [0.25, 0.3) is 0 Å². The van der Waals surface area contributed by atoms with Crippen LogP contribution in [0.3, 0.4) is 0 Å². The molecule has 1 aromatic carbocycles. The molecule has 1 N–H and O–H groups in total. The highest BCUT2D eigenvalue weighted by molar-refractivity contribution is 5.73. The van der Waals surface area contributed by atoms with E-state index in [1.165, 1.54) is 0 Å². The van der Waals surface area contributed by atoms with Gasteiger partial charge < -0.3 is 19.6 Å². The number of nitrogens with zero attached hydrogens (tertiary/aromatic N) is 3. The van der Waals surface area contributed by atoms with E-state index in [1.54, 1.807) is 19.0 Å². The number of hydrogen-bond acceptors (Lipinski definition) is 4. The van der Waals surface area contributed by atoms with E-state index in [0.717, 1.165) is 18.8 Å². The Morgan fingerprint density at radius 1 is 1.23 bits per heavy atom. The first-order chi connectivity index (χ1) is 10.6. The molecular formula is C16H25N3O3. The number of rotatable bonds is 5.